The van der Waals surface area contributed by atoms with E-state index in [1.807, 2.05) is 86.7 Å². The second-order valence-electron chi connectivity index (χ2n) is 16.9. The molecule has 1 spiro atoms. The van der Waals surface area contributed by atoms with Crippen LogP contribution in [0.4, 0.5) is 0 Å². The molecule has 4 aliphatic rings. The fraction of sp³-hybridized carbons (Fsp3) is 0.535. The van der Waals surface area contributed by atoms with Crippen LogP contribution in [0.2, 0.25) is 0 Å². The average Bonchev–Trinajstić information content (AvgIpc) is 3.77. The number of ether oxygens (including phenoxy) is 3. The third-order valence-electron chi connectivity index (χ3n) is 11.1. The number of nitrogens with zero attached hydrogens (tertiary/aromatic N) is 2. The normalized spacial score (nSPS) is 30.3. The Balaban J connectivity index is 1.49. The van der Waals surface area contributed by atoms with Crippen LogP contribution in [0.25, 0.3) is 0 Å². The third-order valence-corrected chi connectivity index (χ3v) is 11.1. The Labute approximate surface area is 318 Å². The first-order valence-electron chi connectivity index (χ1n) is 19.0. The summed E-state index contributed by atoms with van der Waals surface area (Å²) >= 11 is 0. The van der Waals surface area contributed by atoms with Gasteiger partial charge in [-0.1, -0.05) is 106 Å². The summed E-state index contributed by atoms with van der Waals surface area (Å²) < 4.78 is 18.6. The zero-order valence-corrected chi connectivity index (χ0v) is 32.3. The minimum Gasteiger partial charge on any atom is -0.455 e. The Hall–Kier alpha value is -4.32. The maximum atomic E-state index is 15.5. The standard InChI is InChI=1S/C43H55N3O8/c1-41(2,3)27-42(4,5)45-23-15-9-14-20-33(48)44-31(26-52-6)36(29-18-12-8-13-19-29)53-40(51)34-32-21-22-43(54-32)35(34)38(49)46(37(43)39(45)50)30(25-47)24-28-16-10-7-11-17-28/h7-13,15-19,21-22,30-32,34-37,47H,14,20,23-27H2,1-6H3,(H,44,48)/b15-9-/t30-,31+,32-,34+,35+,36+,37-,43+/m1/s1. The van der Waals surface area contributed by atoms with E-state index in [-0.39, 0.29) is 43.2 Å². The predicted molar refractivity (Wildman–Crippen MR) is 203 cm³/mol. The molecule has 3 amide bonds. The average molecular weight is 742 g/mol. The van der Waals surface area contributed by atoms with Gasteiger partial charge in [-0.25, -0.2) is 0 Å². The number of hydrogen-bond acceptors (Lipinski definition) is 8. The summed E-state index contributed by atoms with van der Waals surface area (Å²) in [5.74, 6) is -3.88. The number of carbonyl (C=O) groups is 4. The highest BCUT2D eigenvalue weighted by Gasteiger charge is 2.74. The number of hydrogen-bond donors (Lipinski definition) is 2. The molecule has 8 atom stereocenters. The third kappa shape index (κ3) is 7.76. The van der Waals surface area contributed by atoms with Crippen LogP contribution in [0.15, 0.2) is 85.0 Å². The molecule has 2 aromatic rings. The SMILES string of the molecule is COC[C@@H]1NC(=O)CC/C=C\CN(C(C)(C)CC(C)(C)C)C(=O)[C@H]2N([C@@H](CO)Cc3ccccc3)C(=O)[C@@H]3[C@@H](C(=O)O[C@H]1c1ccccc1)[C@H]1C=C[C@]32O1. The maximum absolute atomic E-state index is 15.5. The van der Waals surface area contributed by atoms with Gasteiger partial charge in [0, 0.05) is 25.6 Å². The van der Waals surface area contributed by atoms with E-state index in [4.69, 9.17) is 14.2 Å². The Kier molecular flexibility index (Phi) is 11.5. The smallest absolute Gasteiger partial charge is 0.313 e. The number of rotatable bonds is 9. The zero-order valence-electron chi connectivity index (χ0n) is 32.3. The van der Waals surface area contributed by atoms with Gasteiger partial charge in [0.25, 0.3) is 0 Å². The maximum Gasteiger partial charge on any atom is 0.313 e. The molecule has 0 aromatic heterocycles. The van der Waals surface area contributed by atoms with Gasteiger partial charge in [-0.3, -0.25) is 19.2 Å². The highest BCUT2D eigenvalue weighted by atomic mass is 16.6. The van der Waals surface area contributed by atoms with Crippen molar-refractivity contribution in [1.29, 1.82) is 0 Å². The van der Waals surface area contributed by atoms with Crippen molar-refractivity contribution in [2.24, 2.45) is 17.3 Å². The molecular weight excluding hydrogens is 686 g/mol. The van der Waals surface area contributed by atoms with Crippen molar-refractivity contribution in [2.75, 3.05) is 26.9 Å². The van der Waals surface area contributed by atoms with Gasteiger partial charge in [0.1, 0.15) is 23.7 Å². The van der Waals surface area contributed by atoms with Gasteiger partial charge in [-0.15, -0.1) is 0 Å². The largest absolute Gasteiger partial charge is 0.455 e. The Morgan fingerprint density at radius 2 is 1.65 bits per heavy atom. The molecule has 6 rings (SSSR count). The molecule has 54 heavy (non-hydrogen) atoms. The van der Waals surface area contributed by atoms with Gasteiger partial charge < -0.3 is 34.4 Å². The van der Waals surface area contributed by atoms with Crippen LogP contribution in [0.5, 0.6) is 0 Å². The van der Waals surface area contributed by atoms with Crippen molar-refractivity contribution >= 4 is 23.7 Å². The number of fused-ring (bicyclic) bond motifs is 2. The molecule has 0 saturated carbocycles. The molecule has 290 valence electrons. The summed E-state index contributed by atoms with van der Waals surface area (Å²) in [4.78, 5) is 61.8. The molecule has 4 heterocycles. The molecule has 0 unspecified atom stereocenters. The number of carbonyl (C=O) groups excluding carboxylic acids is 4. The first-order valence-corrected chi connectivity index (χ1v) is 19.0. The highest BCUT2D eigenvalue weighted by molar-refractivity contribution is 5.99. The lowest BCUT2D eigenvalue weighted by Gasteiger charge is -2.46. The topological polar surface area (TPSA) is 135 Å². The number of benzene rings is 2. The van der Waals surface area contributed by atoms with Gasteiger partial charge in [0.15, 0.2) is 0 Å². The fourth-order valence-electron chi connectivity index (χ4n) is 9.27. The number of methoxy groups -OCH3 is 1. The van der Waals surface area contributed by atoms with Crippen LogP contribution >= 0.6 is 0 Å². The van der Waals surface area contributed by atoms with Gasteiger partial charge in [0.05, 0.1) is 37.3 Å². The number of cyclic esters (lactones) is 1. The van der Waals surface area contributed by atoms with Crippen molar-refractivity contribution in [1.82, 2.24) is 15.1 Å². The van der Waals surface area contributed by atoms with Crippen LogP contribution in [0.1, 0.15) is 71.1 Å². The zero-order chi connectivity index (χ0) is 38.8. The molecule has 2 aromatic carbocycles. The van der Waals surface area contributed by atoms with Crippen LogP contribution < -0.4 is 5.32 Å². The Morgan fingerprint density at radius 1 is 0.963 bits per heavy atom. The second kappa shape index (κ2) is 15.8. The van der Waals surface area contributed by atoms with Gasteiger partial charge in [-0.05, 0) is 49.7 Å². The van der Waals surface area contributed by atoms with E-state index in [0.29, 0.717) is 18.4 Å². The Bertz CT molecular complexity index is 1740. The van der Waals surface area contributed by atoms with Crippen molar-refractivity contribution in [3.63, 3.8) is 0 Å². The minimum atomic E-state index is -1.48. The second-order valence-corrected chi connectivity index (χ2v) is 16.9. The first kappa shape index (κ1) is 39.4. The summed E-state index contributed by atoms with van der Waals surface area (Å²) in [6, 6.07) is 16.0. The summed E-state index contributed by atoms with van der Waals surface area (Å²) in [5, 5.41) is 14.0. The molecule has 5 bridgehead atoms. The molecule has 4 aliphatic heterocycles. The summed E-state index contributed by atoms with van der Waals surface area (Å²) in [6.07, 6.45) is 7.06. The molecule has 11 heteroatoms. The lowest BCUT2D eigenvalue weighted by molar-refractivity contribution is -0.163. The van der Waals surface area contributed by atoms with Crippen molar-refractivity contribution in [2.45, 2.75) is 102 Å². The molecule has 0 radical (unpaired) electrons. The number of allylic oxidation sites excluding steroid dienone is 1. The van der Waals surface area contributed by atoms with Crippen LogP contribution in [0.3, 0.4) is 0 Å². The molecular formula is C43H55N3O8. The quantitative estimate of drug-likeness (QED) is 0.283. The number of esters is 1. The van der Waals surface area contributed by atoms with Gasteiger partial charge >= 0.3 is 5.97 Å². The van der Waals surface area contributed by atoms with Crippen LogP contribution in [-0.4, -0.2) is 101 Å². The summed E-state index contributed by atoms with van der Waals surface area (Å²) in [5.41, 5.74) is -0.791. The van der Waals surface area contributed by atoms with E-state index >= 15 is 9.59 Å². The number of aliphatic hydroxyl groups is 1. The molecule has 11 nitrogen and oxygen atoms in total. The molecule has 2 saturated heterocycles. The number of aliphatic hydroxyl groups excluding tert-OH is 1. The number of nitrogens with one attached hydrogen (secondary N) is 1. The number of amides is 3. The monoisotopic (exact) mass is 741 g/mol. The predicted octanol–water partition coefficient (Wildman–Crippen LogP) is 4.55. The Morgan fingerprint density at radius 3 is 2.30 bits per heavy atom. The number of likely N-dealkylation sites (tertiary alicyclic amines) is 1. The fourth-order valence-corrected chi connectivity index (χ4v) is 9.27. The lowest BCUT2D eigenvalue weighted by Crippen LogP contribution is -2.62. The minimum absolute atomic E-state index is 0.0606. The molecule has 0 aliphatic carbocycles. The van der Waals surface area contributed by atoms with Gasteiger partial charge in [0.2, 0.25) is 17.7 Å². The summed E-state index contributed by atoms with van der Waals surface area (Å²) in [7, 11) is 1.52. The van der Waals surface area contributed by atoms with Crippen molar-refractivity contribution in [3.05, 3.63) is 96.1 Å². The first-order chi connectivity index (χ1) is 25.7. The molecule has 2 N–H and O–H groups in total. The van der Waals surface area contributed by atoms with E-state index in [1.165, 1.54) is 12.0 Å². The van der Waals surface area contributed by atoms with E-state index in [9.17, 15) is 14.7 Å². The van der Waals surface area contributed by atoms with E-state index in [0.717, 1.165) is 5.56 Å². The van der Waals surface area contributed by atoms with Gasteiger partial charge in [-0.2, -0.15) is 0 Å². The highest BCUT2D eigenvalue weighted by Crippen LogP contribution is 2.57. The summed E-state index contributed by atoms with van der Waals surface area (Å²) in [6.45, 7) is 10.3. The van der Waals surface area contributed by atoms with Crippen LogP contribution in [0, 0.1) is 17.3 Å². The van der Waals surface area contributed by atoms with Crippen molar-refractivity contribution in [3.8, 4) is 0 Å². The van der Waals surface area contributed by atoms with E-state index in [1.54, 1.807) is 17.1 Å². The van der Waals surface area contributed by atoms with Crippen molar-refractivity contribution < 1.29 is 38.5 Å². The lowest BCUT2D eigenvalue weighted by atomic mass is 9.74. The molecule has 2 fully saturated rings. The van der Waals surface area contributed by atoms with E-state index in [2.05, 4.69) is 26.1 Å². The van der Waals surface area contributed by atoms with E-state index < -0.39 is 71.8 Å². The van der Waals surface area contributed by atoms with Crippen LogP contribution in [-0.2, 0) is 39.8 Å².